The molecule has 3 rings (SSSR count). The maximum atomic E-state index is 14.7. The molecule has 0 amide bonds. The zero-order valence-corrected chi connectivity index (χ0v) is 17.8. The fourth-order valence-electron chi connectivity index (χ4n) is 3.72. The maximum absolute atomic E-state index is 14.7. The highest BCUT2D eigenvalue weighted by molar-refractivity contribution is 5.67. The summed E-state index contributed by atoms with van der Waals surface area (Å²) in [6.07, 6.45) is 9.71. The highest BCUT2D eigenvalue weighted by Gasteiger charge is 2.09. The van der Waals surface area contributed by atoms with Crippen LogP contribution >= 0.6 is 0 Å². The Hall–Kier alpha value is -2.48. The Morgan fingerprint density at radius 3 is 1.86 bits per heavy atom. The molecule has 152 valence electrons. The van der Waals surface area contributed by atoms with E-state index < -0.39 is 5.95 Å². The molecule has 0 aliphatic heterocycles. The van der Waals surface area contributed by atoms with E-state index in [1.165, 1.54) is 43.2 Å². The Morgan fingerprint density at radius 2 is 1.24 bits per heavy atom. The van der Waals surface area contributed by atoms with Crippen molar-refractivity contribution in [1.29, 1.82) is 0 Å². The number of hydrogen-bond acceptors (Lipinski definition) is 1. The SMILES string of the molecule is CCCCCCCc1ccc(-c2ccc(-c3ccc(CCC)cc3)nc2F)cc1. The molecule has 0 saturated heterocycles. The zero-order valence-electron chi connectivity index (χ0n) is 17.8. The maximum Gasteiger partial charge on any atom is 0.221 e. The van der Waals surface area contributed by atoms with Gasteiger partial charge in [-0.05, 0) is 48.1 Å². The average Bonchev–Trinajstić information content (AvgIpc) is 2.75. The van der Waals surface area contributed by atoms with Gasteiger partial charge >= 0.3 is 0 Å². The molecule has 2 heteroatoms. The van der Waals surface area contributed by atoms with Crippen LogP contribution in [0.5, 0.6) is 0 Å². The van der Waals surface area contributed by atoms with Crippen LogP contribution in [0.1, 0.15) is 63.5 Å². The second-order valence-corrected chi connectivity index (χ2v) is 7.84. The van der Waals surface area contributed by atoms with E-state index >= 15 is 0 Å². The zero-order chi connectivity index (χ0) is 20.5. The van der Waals surface area contributed by atoms with E-state index in [1.54, 1.807) is 0 Å². The van der Waals surface area contributed by atoms with Crippen molar-refractivity contribution in [3.05, 3.63) is 77.7 Å². The number of pyridine rings is 1. The second kappa shape index (κ2) is 10.9. The third kappa shape index (κ3) is 6.00. The molecule has 0 N–H and O–H groups in total. The van der Waals surface area contributed by atoms with E-state index in [0.29, 0.717) is 11.3 Å². The largest absolute Gasteiger partial charge is 0.221 e. The molecule has 1 nitrogen and oxygen atoms in total. The predicted octanol–water partition coefficient (Wildman–Crippen LogP) is 8.02. The van der Waals surface area contributed by atoms with Crippen LogP contribution in [0.4, 0.5) is 4.39 Å². The second-order valence-electron chi connectivity index (χ2n) is 7.84. The third-order valence-electron chi connectivity index (χ3n) is 5.47. The monoisotopic (exact) mass is 389 g/mol. The van der Waals surface area contributed by atoms with Gasteiger partial charge in [0.05, 0.1) is 5.69 Å². The van der Waals surface area contributed by atoms with Gasteiger partial charge < -0.3 is 0 Å². The number of rotatable bonds is 10. The molecule has 0 saturated carbocycles. The molecule has 3 aromatic rings. The minimum Gasteiger partial charge on any atom is -0.219 e. The number of benzene rings is 2. The van der Waals surface area contributed by atoms with Crippen LogP contribution in [0.25, 0.3) is 22.4 Å². The molecule has 0 fully saturated rings. The minimum atomic E-state index is -0.410. The molecule has 2 aromatic carbocycles. The molecular formula is C27H32FN. The lowest BCUT2D eigenvalue weighted by molar-refractivity contribution is 0.589. The van der Waals surface area contributed by atoms with Crippen molar-refractivity contribution in [3.63, 3.8) is 0 Å². The molecule has 29 heavy (non-hydrogen) atoms. The molecular weight excluding hydrogens is 357 g/mol. The number of unbranched alkanes of at least 4 members (excludes halogenated alkanes) is 4. The number of nitrogens with zero attached hydrogens (tertiary/aromatic N) is 1. The lowest BCUT2D eigenvalue weighted by Crippen LogP contribution is -1.93. The summed E-state index contributed by atoms with van der Waals surface area (Å²) in [5.74, 6) is -0.410. The summed E-state index contributed by atoms with van der Waals surface area (Å²) >= 11 is 0. The van der Waals surface area contributed by atoms with Gasteiger partial charge in [-0.3, -0.25) is 0 Å². The summed E-state index contributed by atoms with van der Waals surface area (Å²) in [5, 5.41) is 0. The van der Waals surface area contributed by atoms with Crippen LogP contribution in [-0.4, -0.2) is 4.98 Å². The van der Waals surface area contributed by atoms with E-state index in [2.05, 4.69) is 43.1 Å². The minimum absolute atomic E-state index is 0.410. The van der Waals surface area contributed by atoms with Gasteiger partial charge in [0.1, 0.15) is 0 Å². The Labute approximate surface area is 175 Å². The highest BCUT2D eigenvalue weighted by Crippen LogP contribution is 2.26. The van der Waals surface area contributed by atoms with Crippen LogP contribution in [0, 0.1) is 5.95 Å². The van der Waals surface area contributed by atoms with Gasteiger partial charge in [-0.15, -0.1) is 0 Å². The highest BCUT2D eigenvalue weighted by atomic mass is 19.1. The summed E-state index contributed by atoms with van der Waals surface area (Å²) in [4.78, 5) is 4.23. The van der Waals surface area contributed by atoms with E-state index in [1.807, 2.05) is 36.4 Å². The van der Waals surface area contributed by atoms with Crippen LogP contribution in [0.3, 0.4) is 0 Å². The van der Waals surface area contributed by atoms with Gasteiger partial charge in [0.15, 0.2) is 0 Å². The first-order valence-electron chi connectivity index (χ1n) is 11.1. The molecule has 0 bridgehead atoms. The quantitative estimate of drug-likeness (QED) is 0.253. The normalized spacial score (nSPS) is 11.0. The summed E-state index contributed by atoms with van der Waals surface area (Å²) in [5.41, 5.74) is 5.70. The molecule has 0 aliphatic carbocycles. The first-order chi connectivity index (χ1) is 14.2. The van der Waals surface area contributed by atoms with Crippen LogP contribution in [0.15, 0.2) is 60.7 Å². The third-order valence-corrected chi connectivity index (χ3v) is 5.47. The standard InChI is InChI=1S/C27H32FN/c1-3-5-6-7-8-10-22-11-15-23(16-12-22)25-19-20-26(29-27(25)28)24-17-13-21(9-4-2)14-18-24/h11-20H,3-10H2,1-2H3. The summed E-state index contributed by atoms with van der Waals surface area (Å²) in [6.45, 7) is 4.41. The van der Waals surface area contributed by atoms with Crippen molar-refractivity contribution >= 4 is 0 Å². The van der Waals surface area contributed by atoms with E-state index in [4.69, 9.17) is 0 Å². The first kappa shape index (κ1) is 21.2. The molecule has 1 heterocycles. The molecule has 1 aromatic heterocycles. The Kier molecular flexibility index (Phi) is 7.98. The van der Waals surface area contributed by atoms with Gasteiger partial charge in [-0.25, -0.2) is 4.98 Å². The fraction of sp³-hybridized carbons (Fsp3) is 0.370. The first-order valence-corrected chi connectivity index (χ1v) is 11.1. The molecule has 0 atom stereocenters. The summed E-state index contributed by atoms with van der Waals surface area (Å²) in [7, 11) is 0. The van der Waals surface area contributed by atoms with Crippen molar-refractivity contribution in [1.82, 2.24) is 4.98 Å². The summed E-state index contributed by atoms with van der Waals surface area (Å²) in [6, 6.07) is 20.3. The lowest BCUT2D eigenvalue weighted by Gasteiger charge is -2.08. The average molecular weight is 390 g/mol. The van der Waals surface area contributed by atoms with Crippen LogP contribution in [-0.2, 0) is 12.8 Å². The van der Waals surface area contributed by atoms with Gasteiger partial charge in [0, 0.05) is 11.1 Å². The van der Waals surface area contributed by atoms with Gasteiger partial charge in [-0.1, -0.05) is 94.5 Å². The molecule has 0 radical (unpaired) electrons. The van der Waals surface area contributed by atoms with Crippen molar-refractivity contribution in [2.45, 2.75) is 65.2 Å². The summed E-state index contributed by atoms with van der Waals surface area (Å²) < 4.78 is 14.7. The number of aryl methyl sites for hydroxylation is 2. The Bertz CT molecular complexity index is 881. The number of aromatic nitrogens is 1. The fourth-order valence-corrected chi connectivity index (χ4v) is 3.72. The van der Waals surface area contributed by atoms with Gasteiger partial charge in [0.2, 0.25) is 5.95 Å². The van der Waals surface area contributed by atoms with E-state index in [9.17, 15) is 4.39 Å². The molecule has 0 aliphatic rings. The van der Waals surface area contributed by atoms with Crippen LogP contribution < -0.4 is 0 Å². The van der Waals surface area contributed by atoms with Gasteiger partial charge in [-0.2, -0.15) is 4.39 Å². The number of hydrogen-bond donors (Lipinski definition) is 0. The molecule has 0 spiro atoms. The van der Waals surface area contributed by atoms with E-state index in [-0.39, 0.29) is 0 Å². The van der Waals surface area contributed by atoms with Crippen molar-refractivity contribution in [2.75, 3.05) is 0 Å². The van der Waals surface area contributed by atoms with E-state index in [0.717, 1.165) is 30.4 Å². The van der Waals surface area contributed by atoms with Crippen LogP contribution in [0.2, 0.25) is 0 Å². The Balaban J connectivity index is 1.66. The predicted molar refractivity (Wildman–Crippen MR) is 122 cm³/mol. The topological polar surface area (TPSA) is 12.9 Å². The van der Waals surface area contributed by atoms with Gasteiger partial charge in [0.25, 0.3) is 0 Å². The lowest BCUT2D eigenvalue weighted by atomic mass is 10.0. The van der Waals surface area contributed by atoms with Crippen molar-refractivity contribution in [2.24, 2.45) is 0 Å². The Morgan fingerprint density at radius 1 is 0.621 bits per heavy atom. The van der Waals surface area contributed by atoms with Crippen molar-refractivity contribution in [3.8, 4) is 22.4 Å². The number of halogens is 1. The molecule has 0 unspecified atom stereocenters. The smallest absolute Gasteiger partial charge is 0.219 e. The van der Waals surface area contributed by atoms with Crippen molar-refractivity contribution < 1.29 is 4.39 Å².